The average molecular weight is 269 g/mol. The van der Waals surface area contributed by atoms with Gasteiger partial charge >= 0.3 is 5.97 Å². The molecular weight excluding hydrogens is 246 g/mol. The monoisotopic (exact) mass is 269 g/mol. The van der Waals surface area contributed by atoms with Gasteiger partial charge in [0.25, 0.3) is 0 Å². The summed E-state index contributed by atoms with van der Waals surface area (Å²) in [6.07, 6.45) is 3.24. The summed E-state index contributed by atoms with van der Waals surface area (Å²) in [6.45, 7) is 5.09. The summed E-state index contributed by atoms with van der Waals surface area (Å²) in [4.78, 5) is 25.6. The Morgan fingerprint density at radius 1 is 1.37 bits per heavy atom. The Bertz CT molecular complexity index is 357. The van der Waals surface area contributed by atoms with Gasteiger partial charge in [-0.05, 0) is 31.6 Å². The lowest BCUT2D eigenvalue weighted by Crippen LogP contribution is -2.54. The van der Waals surface area contributed by atoms with Crippen molar-refractivity contribution in [3.05, 3.63) is 0 Å². The summed E-state index contributed by atoms with van der Waals surface area (Å²) in [5.74, 6) is -1.04. The lowest BCUT2D eigenvalue weighted by atomic mass is 9.88. The van der Waals surface area contributed by atoms with Crippen molar-refractivity contribution in [2.75, 3.05) is 13.2 Å². The Kier molecular flexibility index (Phi) is 4.45. The molecule has 5 nitrogen and oxygen atoms in total. The highest BCUT2D eigenvalue weighted by atomic mass is 16.5. The molecule has 0 aromatic rings. The highest BCUT2D eigenvalue weighted by Gasteiger charge is 2.42. The van der Waals surface area contributed by atoms with E-state index in [1.807, 2.05) is 13.8 Å². The molecular formula is C14H23NO4. The predicted molar refractivity (Wildman–Crippen MR) is 69.7 cm³/mol. The first-order chi connectivity index (χ1) is 9.06. The lowest BCUT2D eigenvalue weighted by Gasteiger charge is -2.39. The van der Waals surface area contributed by atoms with Crippen LogP contribution in [-0.2, 0) is 14.3 Å². The number of piperidine rings is 1. The van der Waals surface area contributed by atoms with Crippen molar-refractivity contribution in [2.45, 2.75) is 51.7 Å². The van der Waals surface area contributed by atoms with E-state index in [0.717, 1.165) is 19.3 Å². The summed E-state index contributed by atoms with van der Waals surface area (Å²) in [6, 6.07) is -0.667. The second-order valence-electron chi connectivity index (χ2n) is 5.65. The first-order valence-corrected chi connectivity index (χ1v) is 7.21. The number of hydrogen-bond acceptors (Lipinski definition) is 3. The SMILES string of the molecule is CCC1OCCC1C(=O)N1CCCC(C)C1C(=O)O. The first-order valence-electron chi connectivity index (χ1n) is 7.21. The first kappa shape index (κ1) is 14.3. The molecule has 0 spiro atoms. The minimum absolute atomic E-state index is 0.0247. The van der Waals surface area contributed by atoms with Gasteiger partial charge in [-0.25, -0.2) is 4.79 Å². The van der Waals surface area contributed by atoms with Gasteiger partial charge in [-0.3, -0.25) is 4.79 Å². The van der Waals surface area contributed by atoms with E-state index in [1.54, 1.807) is 4.90 Å². The van der Waals surface area contributed by atoms with Crippen molar-refractivity contribution in [1.29, 1.82) is 0 Å². The maximum atomic E-state index is 12.6. The standard InChI is InChI=1S/C14H23NO4/c1-3-11-10(6-8-19-11)13(16)15-7-4-5-9(2)12(15)14(17)18/h9-12H,3-8H2,1-2H3,(H,17,18). The third-order valence-electron chi connectivity index (χ3n) is 4.40. The maximum absolute atomic E-state index is 12.6. The molecule has 2 saturated heterocycles. The number of ether oxygens (including phenoxy) is 1. The van der Waals surface area contributed by atoms with Crippen LogP contribution in [0.25, 0.3) is 0 Å². The number of amides is 1. The van der Waals surface area contributed by atoms with Crippen LogP contribution in [0.2, 0.25) is 0 Å². The van der Waals surface area contributed by atoms with E-state index in [-0.39, 0.29) is 23.8 Å². The molecule has 2 aliphatic rings. The molecule has 0 aromatic carbocycles. The van der Waals surface area contributed by atoms with Crippen LogP contribution in [0.4, 0.5) is 0 Å². The third kappa shape index (κ3) is 2.76. The molecule has 19 heavy (non-hydrogen) atoms. The van der Waals surface area contributed by atoms with Crippen LogP contribution in [0.15, 0.2) is 0 Å². The van der Waals surface area contributed by atoms with E-state index >= 15 is 0 Å². The molecule has 2 heterocycles. The molecule has 1 amide bonds. The normalized spacial score (nSPS) is 35.4. The summed E-state index contributed by atoms with van der Waals surface area (Å²) < 4.78 is 5.55. The number of rotatable bonds is 3. The molecule has 0 saturated carbocycles. The van der Waals surface area contributed by atoms with Gasteiger partial charge in [0.2, 0.25) is 5.91 Å². The topological polar surface area (TPSA) is 66.8 Å². The number of carbonyl (C=O) groups excluding carboxylic acids is 1. The Morgan fingerprint density at radius 3 is 2.74 bits per heavy atom. The molecule has 4 unspecified atom stereocenters. The Labute approximate surface area is 113 Å². The second-order valence-corrected chi connectivity index (χ2v) is 5.65. The van der Waals surface area contributed by atoms with E-state index in [1.165, 1.54) is 0 Å². The highest BCUT2D eigenvalue weighted by molar-refractivity contribution is 5.86. The van der Waals surface area contributed by atoms with Crippen LogP contribution in [0.1, 0.15) is 39.5 Å². The average Bonchev–Trinajstić information content (AvgIpc) is 2.85. The van der Waals surface area contributed by atoms with E-state index in [4.69, 9.17) is 4.74 Å². The fourth-order valence-corrected chi connectivity index (χ4v) is 3.36. The van der Waals surface area contributed by atoms with Crippen LogP contribution >= 0.6 is 0 Å². The smallest absolute Gasteiger partial charge is 0.326 e. The van der Waals surface area contributed by atoms with Gasteiger partial charge in [-0.2, -0.15) is 0 Å². The van der Waals surface area contributed by atoms with E-state index in [0.29, 0.717) is 19.6 Å². The number of carboxylic acid groups (broad SMARTS) is 1. The molecule has 0 aliphatic carbocycles. The number of nitrogens with zero attached hydrogens (tertiary/aromatic N) is 1. The van der Waals surface area contributed by atoms with Crippen molar-refractivity contribution in [3.8, 4) is 0 Å². The lowest BCUT2D eigenvalue weighted by molar-refractivity contribution is -0.157. The molecule has 0 bridgehead atoms. The third-order valence-corrected chi connectivity index (χ3v) is 4.40. The van der Waals surface area contributed by atoms with Gasteiger partial charge in [-0.1, -0.05) is 13.8 Å². The van der Waals surface area contributed by atoms with Crippen LogP contribution in [0.5, 0.6) is 0 Å². The van der Waals surface area contributed by atoms with Gasteiger partial charge in [0, 0.05) is 13.2 Å². The fourth-order valence-electron chi connectivity index (χ4n) is 3.36. The minimum atomic E-state index is -0.882. The van der Waals surface area contributed by atoms with Crippen LogP contribution in [-0.4, -0.2) is 47.2 Å². The summed E-state index contributed by atoms with van der Waals surface area (Å²) in [5.41, 5.74) is 0. The van der Waals surface area contributed by atoms with Gasteiger partial charge in [-0.15, -0.1) is 0 Å². The quantitative estimate of drug-likeness (QED) is 0.843. The van der Waals surface area contributed by atoms with E-state index < -0.39 is 12.0 Å². The van der Waals surface area contributed by atoms with Crippen LogP contribution in [0, 0.1) is 11.8 Å². The minimum Gasteiger partial charge on any atom is -0.480 e. The molecule has 2 rings (SSSR count). The number of aliphatic carboxylic acids is 1. The molecule has 5 heteroatoms. The Balaban J connectivity index is 2.14. The van der Waals surface area contributed by atoms with Crippen molar-refractivity contribution in [3.63, 3.8) is 0 Å². The Hall–Kier alpha value is -1.10. The molecule has 0 radical (unpaired) electrons. The maximum Gasteiger partial charge on any atom is 0.326 e. The largest absolute Gasteiger partial charge is 0.480 e. The predicted octanol–water partition coefficient (Wildman–Crippen LogP) is 1.51. The zero-order valence-corrected chi connectivity index (χ0v) is 11.7. The molecule has 2 aliphatic heterocycles. The fraction of sp³-hybridized carbons (Fsp3) is 0.857. The van der Waals surface area contributed by atoms with Crippen LogP contribution in [0.3, 0.4) is 0 Å². The molecule has 4 atom stereocenters. The number of carbonyl (C=O) groups is 2. The molecule has 1 N–H and O–H groups in total. The molecule has 2 fully saturated rings. The van der Waals surface area contributed by atoms with Gasteiger partial charge < -0.3 is 14.7 Å². The number of hydrogen-bond donors (Lipinski definition) is 1. The van der Waals surface area contributed by atoms with Gasteiger partial charge in [0.1, 0.15) is 6.04 Å². The number of carboxylic acids is 1. The van der Waals surface area contributed by atoms with E-state index in [2.05, 4.69) is 0 Å². The van der Waals surface area contributed by atoms with Gasteiger partial charge in [0.15, 0.2) is 0 Å². The second kappa shape index (κ2) is 5.90. The zero-order valence-electron chi connectivity index (χ0n) is 11.7. The van der Waals surface area contributed by atoms with Crippen molar-refractivity contribution < 1.29 is 19.4 Å². The molecule has 0 aromatic heterocycles. The zero-order chi connectivity index (χ0) is 14.0. The summed E-state index contributed by atoms with van der Waals surface area (Å²) >= 11 is 0. The highest BCUT2D eigenvalue weighted by Crippen LogP contribution is 2.30. The van der Waals surface area contributed by atoms with Crippen molar-refractivity contribution in [2.24, 2.45) is 11.8 Å². The van der Waals surface area contributed by atoms with Gasteiger partial charge in [0.05, 0.1) is 12.0 Å². The Morgan fingerprint density at radius 2 is 2.11 bits per heavy atom. The number of likely N-dealkylation sites (tertiary alicyclic amines) is 1. The summed E-state index contributed by atoms with van der Waals surface area (Å²) in [7, 11) is 0. The molecule has 108 valence electrons. The van der Waals surface area contributed by atoms with Crippen LogP contribution < -0.4 is 0 Å². The summed E-state index contributed by atoms with van der Waals surface area (Å²) in [5, 5.41) is 9.37. The van der Waals surface area contributed by atoms with Crippen molar-refractivity contribution in [1.82, 2.24) is 4.90 Å². The van der Waals surface area contributed by atoms with Crippen molar-refractivity contribution >= 4 is 11.9 Å². The van der Waals surface area contributed by atoms with E-state index in [9.17, 15) is 14.7 Å².